The molecule has 2 aromatic rings. The number of aromatic nitrogens is 1. The zero-order valence-corrected chi connectivity index (χ0v) is 20.0. The molecule has 1 aliphatic carbocycles. The fraction of sp³-hybridized carbons (Fsp3) is 0.542. The molecule has 7 nitrogen and oxygen atoms in total. The molecule has 1 aromatic carbocycles. The van der Waals surface area contributed by atoms with Gasteiger partial charge in [-0.3, -0.25) is 4.79 Å². The van der Waals surface area contributed by atoms with Crippen molar-refractivity contribution in [3.63, 3.8) is 0 Å². The average Bonchev–Trinajstić information content (AvgIpc) is 3.22. The van der Waals surface area contributed by atoms with Gasteiger partial charge in [0.2, 0.25) is 0 Å². The molecule has 0 bridgehead atoms. The number of carbonyl (C=O) groups excluding carboxylic acids is 2. The maximum absolute atomic E-state index is 12.8. The predicted molar refractivity (Wildman–Crippen MR) is 127 cm³/mol. The van der Waals surface area contributed by atoms with Crippen molar-refractivity contribution in [2.75, 3.05) is 6.54 Å². The maximum Gasteiger partial charge on any atom is 0.315 e. The fourth-order valence-corrected chi connectivity index (χ4v) is 4.65. The molecule has 0 unspecified atom stereocenters. The third kappa shape index (κ3) is 7.22. The lowest BCUT2D eigenvalue weighted by Gasteiger charge is -2.32. The third-order valence-electron chi connectivity index (χ3n) is 5.56. The zero-order chi connectivity index (χ0) is 22.9. The Hall–Kier alpha value is -2.61. The zero-order valence-electron chi connectivity index (χ0n) is 19.2. The first kappa shape index (κ1) is 24.0. The van der Waals surface area contributed by atoms with Gasteiger partial charge in [-0.25, -0.2) is 9.78 Å². The second-order valence-corrected chi connectivity index (χ2v) is 9.41. The number of carbonyl (C=O) groups is 2. The summed E-state index contributed by atoms with van der Waals surface area (Å²) in [5, 5.41) is 11.5. The number of thiazole rings is 1. The van der Waals surface area contributed by atoms with Crippen molar-refractivity contribution in [1.29, 1.82) is 0 Å². The van der Waals surface area contributed by atoms with E-state index in [2.05, 4.69) is 33.9 Å². The number of hydrogen-bond donors (Lipinski definition) is 3. The van der Waals surface area contributed by atoms with Crippen LogP contribution in [0.2, 0.25) is 0 Å². The number of benzene rings is 1. The Balaban J connectivity index is 1.52. The van der Waals surface area contributed by atoms with Crippen molar-refractivity contribution >= 4 is 23.3 Å². The fourth-order valence-electron chi connectivity index (χ4n) is 3.96. The Morgan fingerprint density at radius 3 is 2.47 bits per heavy atom. The van der Waals surface area contributed by atoms with Gasteiger partial charge in [-0.2, -0.15) is 0 Å². The number of ether oxygens (including phenoxy) is 1. The Morgan fingerprint density at radius 2 is 1.78 bits per heavy atom. The SMILES string of the molecule is CCCCNC(=O)N[C@H]1CCCC[C@@H]1NC(=O)c1csc(COc2cc(C)cc(C)c2)n1. The van der Waals surface area contributed by atoms with E-state index in [4.69, 9.17) is 4.74 Å². The molecule has 8 heteroatoms. The lowest BCUT2D eigenvalue weighted by atomic mass is 9.90. The van der Waals surface area contributed by atoms with Crippen LogP contribution < -0.4 is 20.7 Å². The summed E-state index contributed by atoms with van der Waals surface area (Å²) in [6, 6.07) is 5.75. The van der Waals surface area contributed by atoms with Crippen LogP contribution in [-0.2, 0) is 6.61 Å². The number of amides is 3. The summed E-state index contributed by atoms with van der Waals surface area (Å²) in [5.74, 6) is 0.598. The Labute approximate surface area is 194 Å². The maximum atomic E-state index is 12.8. The van der Waals surface area contributed by atoms with Gasteiger partial charge in [-0.1, -0.05) is 32.3 Å². The number of aryl methyl sites for hydroxylation is 2. The number of rotatable bonds is 9. The molecule has 1 aliphatic rings. The van der Waals surface area contributed by atoms with E-state index in [9.17, 15) is 9.59 Å². The van der Waals surface area contributed by atoms with E-state index < -0.39 is 0 Å². The molecule has 1 fully saturated rings. The van der Waals surface area contributed by atoms with Crippen LogP contribution in [-0.4, -0.2) is 35.6 Å². The van der Waals surface area contributed by atoms with Gasteiger partial charge in [0.1, 0.15) is 23.1 Å². The molecule has 0 saturated heterocycles. The van der Waals surface area contributed by atoms with Gasteiger partial charge in [-0.05, 0) is 56.4 Å². The number of nitrogens with one attached hydrogen (secondary N) is 3. The highest BCUT2D eigenvalue weighted by atomic mass is 32.1. The van der Waals surface area contributed by atoms with E-state index in [-0.39, 0.29) is 24.0 Å². The predicted octanol–water partition coefficient (Wildman–Crippen LogP) is 4.48. The number of hydrogen-bond acceptors (Lipinski definition) is 5. The van der Waals surface area contributed by atoms with Gasteiger partial charge in [0.25, 0.3) is 5.91 Å². The smallest absolute Gasteiger partial charge is 0.315 e. The molecule has 1 saturated carbocycles. The highest BCUT2D eigenvalue weighted by Gasteiger charge is 2.28. The van der Waals surface area contributed by atoms with Crippen LogP contribution in [0, 0.1) is 13.8 Å². The van der Waals surface area contributed by atoms with Gasteiger partial charge in [0.15, 0.2) is 0 Å². The summed E-state index contributed by atoms with van der Waals surface area (Å²) >= 11 is 1.41. The van der Waals surface area contributed by atoms with Crippen molar-refractivity contribution < 1.29 is 14.3 Å². The van der Waals surface area contributed by atoms with Gasteiger partial charge in [0.05, 0.1) is 6.04 Å². The van der Waals surface area contributed by atoms with Crippen molar-refractivity contribution in [1.82, 2.24) is 20.9 Å². The second-order valence-electron chi connectivity index (χ2n) is 8.46. The first-order chi connectivity index (χ1) is 15.4. The second kappa shape index (κ2) is 11.9. The van der Waals surface area contributed by atoms with Crippen molar-refractivity contribution in [3.8, 4) is 5.75 Å². The summed E-state index contributed by atoms with van der Waals surface area (Å²) in [6.07, 6.45) is 5.78. The van der Waals surface area contributed by atoms with Crippen LogP contribution in [0.5, 0.6) is 5.75 Å². The minimum Gasteiger partial charge on any atom is -0.486 e. The van der Waals surface area contributed by atoms with E-state index in [0.717, 1.165) is 60.4 Å². The summed E-state index contributed by atoms with van der Waals surface area (Å²) in [4.78, 5) is 29.4. The minimum atomic E-state index is -0.205. The van der Waals surface area contributed by atoms with Gasteiger partial charge in [0, 0.05) is 18.0 Å². The van der Waals surface area contributed by atoms with Crippen molar-refractivity contribution in [3.05, 3.63) is 45.4 Å². The Morgan fingerprint density at radius 1 is 1.09 bits per heavy atom. The quantitative estimate of drug-likeness (QED) is 0.483. The van der Waals surface area contributed by atoms with E-state index in [1.165, 1.54) is 11.3 Å². The van der Waals surface area contributed by atoms with E-state index in [1.807, 2.05) is 26.0 Å². The topological polar surface area (TPSA) is 92.4 Å². The van der Waals surface area contributed by atoms with Crippen LogP contribution in [0.25, 0.3) is 0 Å². The normalized spacial score (nSPS) is 18.1. The molecule has 1 heterocycles. The molecule has 2 atom stereocenters. The van der Waals surface area contributed by atoms with Gasteiger partial charge >= 0.3 is 6.03 Å². The molecule has 174 valence electrons. The molecule has 32 heavy (non-hydrogen) atoms. The molecule has 0 aliphatic heterocycles. The van der Waals surface area contributed by atoms with Crippen LogP contribution in [0.4, 0.5) is 4.79 Å². The molecule has 0 radical (unpaired) electrons. The monoisotopic (exact) mass is 458 g/mol. The van der Waals surface area contributed by atoms with E-state index in [0.29, 0.717) is 18.8 Å². The van der Waals surface area contributed by atoms with Crippen molar-refractivity contribution in [2.24, 2.45) is 0 Å². The van der Waals surface area contributed by atoms with E-state index >= 15 is 0 Å². The molecular formula is C24H34N4O3S. The summed E-state index contributed by atoms with van der Waals surface area (Å²) < 4.78 is 5.86. The molecule has 3 N–H and O–H groups in total. The standard InChI is InChI=1S/C24H34N4O3S/c1-4-5-10-25-24(30)28-20-9-7-6-8-19(20)27-23(29)21-15-32-22(26-21)14-31-18-12-16(2)11-17(3)13-18/h11-13,15,19-20H,4-10,14H2,1-3H3,(H,27,29)(H2,25,28,30)/t19-,20-/m0/s1. The number of nitrogens with zero attached hydrogens (tertiary/aromatic N) is 1. The molecule has 3 rings (SSSR count). The van der Waals surface area contributed by atoms with Crippen LogP contribution in [0.15, 0.2) is 23.6 Å². The molecular weight excluding hydrogens is 424 g/mol. The van der Waals surface area contributed by atoms with Gasteiger partial charge in [-0.15, -0.1) is 11.3 Å². The Bertz CT molecular complexity index is 894. The van der Waals surface area contributed by atoms with Crippen LogP contribution >= 0.6 is 11.3 Å². The lowest BCUT2D eigenvalue weighted by molar-refractivity contribution is 0.0911. The summed E-state index contributed by atoms with van der Waals surface area (Å²) in [5.41, 5.74) is 2.69. The highest BCUT2D eigenvalue weighted by molar-refractivity contribution is 7.09. The third-order valence-corrected chi connectivity index (χ3v) is 6.38. The minimum absolute atomic E-state index is 0.0691. The number of urea groups is 1. The first-order valence-corrected chi connectivity index (χ1v) is 12.3. The molecule has 3 amide bonds. The summed E-state index contributed by atoms with van der Waals surface area (Å²) in [6.45, 7) is 7.15. The molecule has 1 aromatic heterocycles. The van der Waals surface area contributed by atoms with Crippen molar-refractivity contribution in [2.45, 2.75) is 78.0 Å². The van der Waals surface area contributed by atoms with Gasteiger partial charge < -0.3 is 20.7 Å². The average molecular weight is 459 g/mol. The van der Waals surface area contributed by atoms with Crippen LogP contribution in [0.3, 0.4) is 0 Å². The van der Waals surface area contributed by atoms with E-state index in [1.54, 1.807) is 5.38 Å². The first-order valence-electron chi connectivity index (χ1n) is 11.5. The Kier molecular flexibility index (Phi) is 8.90. The largest absolute Gasteiger partial charge is 0.486 e. The highest BCUT2D eigenvalue weighted by Crippen LogP contribution is 2.21. The summed E-state index contributed by atoms with van der Waals surface area (Å²) in [7, 11) is 0. The molecule has 0 spiro atoms. The number of unbranched alkanes of at least 4 members (excludes halogenated alkanes) is 1. The van der Waals surface area contributed by atoms with Crippen LogP contribution in [0.1, 0.15) is 72.1 Å². The lowest BCUT2D eigenvalue weighted by Crippen LogP contribution is -2.55.